The molecule has 0 amide bonds. The Hall–Kier alpha value is -3.25. The number of hydrogen-bond acceptors (Lipinski definition) is 3. The number of carbonyl (C=O) groups is 1. The van der Waals surface area contributed by atoms with Crippen molar-refractivity contribution in [3.8, 4) is 22.5 Å². The molecule has 0 unspecified atom stereocenters. The molecule has 0 spiro atoms. The zero-order chi connectivity index (χ0) is 25.4. The molecule has 0 aliphatic heterocycles. The van der Waals surface area contributed by atoms with Gasteiger partial charge < -0.3 is 14.3 Å². The van der Waals surface area contributed by atoms with Crippen molar-refractivity contribution in [2.75, 3.05) is 6.61 Å². The van der Waals surface area contributed by atoms with Crippen LogP contribution in [-0.2, 0) is 11.3 Å². The van der Waals surface area contributed by atoms with E-state index in [1.165, 1.54) is 0 Å². The summed E-state index contributed by atoms with van der Waals surface area (Å²) in [6, 6.07) is 18.6. The molecule has 5 nitrogen and oxygen atoms in total. The molecule has 0 aliphatic rings. The molecule has 0 aliphatic carbocycles. The molecular weight excluding hydrogens is 505 g/mol. The first-order valence-electron chi connectivity index (χ1n) is 11.4. The highest BCUT2D eigenvalue weighted by Gasteiger charge is 2.26. The minimum Gasteiger partial charge on any atom is -0.461 e. The average Bonchev–Trinajstić information content (AvgIpc) is 3.45. The molecule has 0 saturated carbocycles. The number of rotatable bonds is 6. The number of hydrogen-bond donors (Lipinski definition) is 1. The van der Waals surface area contributed by atoms with Gasteiger partial charge in [0.05, 0.1) is 32.2 Å². The van der Waals surface area contributed by atoms with Gasteiger partial charge in [-0.1, -0.05) is 77.3 Å². The van der Waals surface area contributed by atoms with E-state index in [0.29, 0.717) is 45.3 Å². The molecule has 5 rings (SSSR count). The number of aromatic nitrogens is 3. The van der Waals surface area contributed by atoms with Crippen molar-refractivity contribution in [1.29, 1.82) is 0 Å². The predicted octanol–water partition coefficient (Wildman–Crippen LogP) is 7.88. The fourth-order valence-electron chi connectivity index (χ4n) is 4.12. The van der Waals surface area contributed by atoms with Crippen LogP contribution in [-0.4, -0.2) is 27.1 Å². The van der Waals surface area contributed by atoms with Crippen LogP contribution in [0.2, 0.25) is 15.1 Å². The second-order valence-corrected chi connectivity index (χ2v) is 9.09. The fourth-order valence-corrected chi connectivity index (χ4v) is 4.73. The Labute approximate surface area is 218 Å². The third-order valence-corrected chi connectivity index (χ3v) is 6.44. The molecule has 2 aromatic heterocycles. The van der Waals surface area contributed by atoms with Gasteiger partial charge in [-0.05, 0) is 36.7 Å². The molecule has 0 atom stereocenters. The van der Waals surface area contributed by atoms with Crippen LogP contribution in [0, 0.1) is 0 Å². The van der Waals surface area contributed by atoms with Gasteiger partial charge in [0.15, 0.2) is 0 Å². The maximum atomic E-state index is 13.1. The van der Waals surface area contributed by atoms with Gasteiger partial charge in [-0.2, -0.15) is 0 Å². The Morgan fingerprint density at radius 1 is 1.09 bits per heavy atom. The van der Waals surface area contributed by atoms with E-state index < -0.39 is 5.97 Å². The van der Waals surface area contributed by atoms with Gasteiger partial charge in [-0.15, -0.1) is 0 Å². The Morgan fingerprint density at radius 3 is 2.63 bits per heavy atom. The molecule has 176 valence electrons. The summed E-state index contributed by atoms with van der Waals surface area (Å²) < 4.78 is 15.5. The molecule has 0 fully saturated rings. The summed E-state index contributed by atoms with van der Waals surface area (Å²) in [5.41, 5.74) is 4.62. The molecule has 1 N–H and O–H groups in total. The lowest BCUT2D eigenvalue weighted by atomic mass is 10.0. The highest BCUT2D eigenvalue weighted by molar-refractivity contribution is 6.35. The molecule has 0 bridgehead atoms. The number of H-pyrrole nitrogens is 1. The number of aromatic amines is 1. The Balaban J connectivity index is 1.79. The van der Waals surface area contributed by atoms with Gasteiger partial charge in [0.25, 0.3) is 0 Å². The summed E-state index contributed by atoms with van der Waals surface area (Å²) in [5, 5.41) is 1.88. The van der Waals surface area contributed by atoms with Crippen LogP contribution in [0.5, 0.6) is 0 Å². The third kappa shape index (κ3) is 4.55. The quantitative estimate of drug-likeness (QED) is 0.229. The Morgan fingerprint density at radius 2 is 1.86 bits per heavy atom. The second kappa shape index (κ2) is 9.78. The minimum atomic E-state index is -0.482. The fraction of sp³-hybridized carbons (Fsp3) is 0.111. The van der Waals surface area contributed by atoms with Crippen molar-refractivity contribution in [2.45, 2.75) is 13.5 Å². The number of ether oxygens (including phenoxy) is 1. The molecule has 0 saturated heterocycles. The zero-order valence-electron chi connectivity index (χ0n) is 19.6. The lowest BCUT2D eigenvalue weighted by Gasteiger charge is -2.13. The number of esters is 1. The van der Waals surface area contributed by atoms with Crippen LogP contribution in [0.15, 0.2) is 73.0 Å². The van der Waals surface area contributed by atoms with Crippen LogP contribution in [0.4, 0.5) is 0 Å². The predicted molar refractivity (Wildman–Crippen MR) is 141 cm³/mol. The molecule has 8 heteroatoms. The van der Waals surface area contributed by atoms with Crippen molar-refractivity contribution < 1.29 is 10.9 Å². The molecule has 5 aromatic rings. The number of imidazole rings is 1. The van der Waals surface area contributed by atoms with Crippen molar-refractivity contribution in [3.63, 3.8) is 0 Å². The van der Waals surface area contributed by atoms with E-state index in [1.54, 1.807) is 37.5 Å². The molecule has 35 heavy (non-hydrogen) atoms. The maximum Gasteiger partial charge on any atom is 0.355 e. The monoisotopic (exact) mass is 524 g/mol. The topological polar surface area (TPSA) is 59.9 Å². The van der Waals surface area contributed by atoms with Crippen LogP contribution in [0.3, 0.4) is 0 Å². The van der Waals surface area contributed by atoms with Gasteiger partial charge in [0.2, 0.25) is 0 Å². The van der Waals surface area contributed by atoms with Crippen molar-refractivity contribution in [1.82, 2.24) is 14.5 Å². The van der Waals surface area contributed by atoms with Crippen molar-refractivity contribution in [2.24, 2.45) is 0 Å². The summed E-state index contributed by atoms with van der Waals surface area (Å²) in [6.07, 6.45) is 1.70. The number of nitrogens with one attached hydrogen (secondary N) is 1. The van der Waals surface area contributed by atoms with Crippen molar-refractivity contribution in [3.05, 3.63) is 99.4 Å². The summed E-state index contributed by atoms with van der Waals surface area (Å²) in [5.74, 6) is -0.482. The van der Waals surface area contributed by atoms with Gasteiger partial charge >= 0.3 is 5.97 Å². The molecular formula is C27H20Cl3N3O2. The SMILES string of the molecule is [2H]c1c(Cl)ccc(Cn2cnc(-c3ccccc3)c2-c2c(C(=O)OCC)[nH]c3cc(Cl)ccc23)c1Cl. The smallest absolute Gasteiger partial charge is 0.355 e. The molecule has 3 aromatic carbocycles. The van der Waals surface area contributed by atoms with Gasteiger partial charge in [0, 0.05) is 37.1 Å². The lowest BCUT2D eigenvalue weighted by Crippen LogP contribution is -2.09. The largest absolute Gasteiger partial charge is 0.461 e. The number of carbonyl (C=O) groups excluding carboxylic acids is 1. The first-order valence-corrected chi connectivity index (χ1v) is 12.0. The van der Waals surface area contributed by atoms with Crippen LogP contribution >= 0.6 is 34.8 Å². The number of benzene rings is 3. The summed E-state index contributed by atoms with van der Waals surface area (Å²) in [6.45, 7) is 2.29. The maximum absolute atomic E-state index is 13.1. The van der Waals surface area contributed by atoms with E-state index in [9.17, 15) is 4.79 Å². The normalized spacial score (nSPS) is 11.6. The molecule has 0 radical (unpaired) electrons. The van der Waals surface area contributed by atoms with E-state index in [0.717, 1.165) is 10.9 Å². The van der Waals surface area contributed by atoms with Crippen LogP contribution in [0.1, 0.15) is 24.3 Å². The van der Waals surface area contributed by atoms with Crippen molar-refractivity contribution >= 4 is 51.7 Å². The first kappa shape index (κ1) is 22.2. The van der Waals surface area contributed by atoms with Gasteiger partial charge in [-0.3, -0.25) is 0 Å². The Kier molecular flexibility index (Phi) is 6.21. The summed E-state index contributed by atoms with van der Waals surface area (Å²) in [4.78, 5) is 21.0. The molecule has 2 heterocycles. The van der Waals surface area contributed by atoms with E-state index in [1.807, 2.05) is 41.0 Å². The number of fused-ring (bicyclic) bond motifs is 1. The first-order chi connectivity index (χ1) is 17.4. The summed E-state index contributed by atoms with van der Waals surface area (Å²) >= 11 is 18.8. The second-order valence-electron chi connectivity index (χ2n) is 7.87. The number of nitrogens with zero attached hydrogens (tertiary/aromatic N) is 2. The van der Waals surface area contributed by atoms with E-state index in [4.69, 9.17) is 45.9 Å². The van der Waals surface area contributed by atoms with E-state index >= 15 is 0 Å². The standard InChI is InChI=1S/C27H20Cl3N3O2/c1-2-35-27(34)25-23(20-11-10-19(29)13-22(20)32-25)26-24(16-6-4-3-5-7-16)31-15-33(26)14-17-8-9-18(28)12-21(17)30/h3-13,15,32H,2,14H2,1H3/i12D. The number of halogens is 3. The Bertz CT molecular complexity index is 1600. The zero-order valence-corrected chi connectivity index (χ0v) is 20.9. The minimum absolute atomic E-state index is 0.0646. The van der Waals surface area contributed by atoms with Crippen LogP contribution in [0.25, 0.3) is 33.4 Å². The third-order valence-electron chi connectivity index (χ3n) is 5.64. The van der Waals surface area contributed by atoms with E-state index in [-0.39, 0.29) is 22.7 Å². The van der Waals surface area contributed by atoms with Gasteiger partial charge in [0.1, 0.15) is 5.69 Å². The highest BCUT2D eigenvalue weighted by Crippen LogP contribution is 2.40. The summed E-state index contributed by atoms with van der Waals surface area (Å²) in [7, 11) is 0. The average molecular weight is 526 g/mol. The van der Waals surface area contributed by atoms with Gasteiger partial charge in [-0.25, -0.2) is 9.78 Å². The van der Waals surface area contributed by atoms with Crippen LogP contribution < -0.4 is 0 Å². The van der Waals surface area contributed by atoms with E-state index in [2.05, 4.69) is 4.98 Å². The highest BCUT2D eigenvalue weighted by atomic mass is 35.5. The lowest BCUT2D eigenvalue weighted by molar-refractivity contribution is 0.0521.